The molecule has 8 nitrogen and oxygen atoms in total. The lowest BCUT2D eigenvalue weighted by molar-refractivity contribution is -0.128. The Morgan fingerprint density at radius 1 is 1.21 bits per heavy atom. The molecule has 132 valence electrons. The van der Waals surface area contributed by atoms with Crippen LogP contribution in [0.4, 0.5) is 0 Å². The SMILES string of the molecule is CN=C(NCC(=O)N1CCCC1)N1CCN(Cc2ccon2)CC1. The van der Waals surface area contributed by atoms with Gasteiger partial charge in [-0.05, 0) is 12.8 Å². The Labute approximate surface area is 142 Å². The lowest BCUT2D eigenvalue weighted by atomic mass is 10.3. The summed E-state index contributed by atoms with van der Waals surface area (Å²) >= 11 is 0. The molecule has 24 heavy (non-hydrogen) atoms. The fourth-order valence-corrected chi connectivity index (χ4v) is 3.23. The Bertz CT molecular complexity index is 545. The van der Waals surface area contributed by atoms with Crippen molar-refractivity contribution >= 4 is 11.9 Å². The molecule has 2 saturated heterocycles. The third-order valence-corrected chi connectivity index (χ3v) is 4.62. The quantitative estimate of drug-likeness (QED) is 0.616. The number of piperazine rings is 1. The molecule has 2 aliphatic heterocycles. The van der Waals surface area contributed by atoms with Gasteiger partial charge in [0.15, 0.2) is 5.96 Å². The van der Waals surface area contributed by atoms with Gasteiger partial charge in [0, 0.05) is 58.9 Å². The molecule has 1 N–H and O–H groups in total. The van der Waals surface area contributed by atoms with E-state index < -0.39 is 0 Å². The highest BCUT2D eigenvalue weighted by molar-refractivity contribution is 5.86. The van der Waals surface area contributed by atoms with Gasteiger partial charge in [-0.15, -0.1) is 0 Å². The smallest absolute Gasteiger partial charge is 0.241 e. The minimum atomic E-state index is 0.165. The van der Waals surface area contributed by atoms with Crippen molar-refractivity contribution in [3.63, 3.8) is 0 Å². The first-order valence-corrected chi connectivity index (χ1v) is 8.61. The Morgan fingerprint density at radius 3 is 2.58 bits per heavy atom. The minimum Gasteiger partial charge on any atom is -0.364 e. The average molecular weight is 334 g/mol. The van der Waals surface area contributed by atoms with Crippen LogP contribution in [0.2, 0.25) is 0 Å². The Balaban J connectivity index is 1.42. The van der Waals surface area contributed by atoms with Crippen LogP contribution in [0.5, 0.6) is 0 Å². The zero-order chi connectivity index (χ0) is 16.8. The van der Waals surface area contributed by atoms with E-state index in [9.17, 15) is 4.79 Å². The number of likely N-dealkylation sites (tertiary alicyclic amines) is 1. The van der Waals surface area contributed by atoms with Crippen molar-refractivity contribution in [3.8, 4) is 0 Å². The molecule has 0 saturated carbocycles. The highest BCUT2D eigenvalue weighted by atomic mass is 16.5. The largest absolute Gasteiger partial charge is 0.364 e. The van der Waals surface area contributed by atoms with E-state index in [2.05, 4.69) is 25.3 Å². The van der Waals surface area contributed by atoms with Crippen molar-refractivity contribution in [1.82, 2.24) is 25.2 Å². The Morgan fingerprint density at radius 2 is 1.96 bits per heavy atom. The monoisotopic (exact) mass is 334 g/mol. The van der Waals surface area contributed by atoms with Gasteiger partial charge in [-0.1, -0.05) is 5.16 Å². The predicted octanol–water partition coefficient (Wildman–Crippen LogP) is -0.01000. The van der Waals surface area contributed by atoms with Crippen LogP contribution in [-0.2, 0) is 11.3 Å². The summed E-state index contributed by atoms with van der Waals surface area (Å²) in [6.45, 7) is 6.56. The van der Waals surface area contributed by atoms with Crippen LogP contribution in [0, 0.1) is 0 Å². The molecule has 3 heterocycles. The number of carbonyl (C=O) groups is 1. The first kappa shape index (κ1) is 16.8. The van der Waals surface area contributed by atoms with Gasteiger partial charge in [-0.3, -0.25) is 14.7 Å². The van der Waals surface area contributed by atoms with E-state index in [0.717, 1.165) is 70.3 Å². The summed E-state index contributed by atoms with van der Waals surface area (Å²) in [6.07, 6.45) is 3.84. The van der Waals surface area contributed by atoms with Crippen LogP contribution in [0.3, 0.4) is 0 Å². The van der Waals surface area contributed by atoms with E-state index in [-0.39, 0.29) is 5.91 Å². The Hall–Kier alpha value is -2.09. The number of nitrogens with one attached hydrogen (secondary N) is 1. The zero-order valence-corrected chi connectivity index (χ0v) is 14.3. The third kappa shape index (κ3) is 4.25. The average Bonchev–Trinajstić information content (AvgIpc) is 3.30. The number of amides is 1. The molecule has 0 bridgehead atoms. The molecule has 0 unspecified atom stereocenters. The van der Waals surface area contributed by atoms with Crippen LogP contribution < -0.4 is 5.32 Å². The summed E-state index contributed by atoms with van der Waals surface area (Å²) in [5.74, 6) is 0.974. The maximum atomic E-state index is 12.1. The van der Waals surface area contributed by atoms with Crippen LogP contribution in [0.15, 0.2) is 21.8 Å². The highest BCUT2D eigenvalue weighted by Gasteiger charge is 2.22. The van der Waals surface area contributed by atoms with Gasteiger partial charge in [0.2, 0.25) is 5.91 Å². The van der Waals surface area contributed by atoms with E-state index in [1.54, 1.807) is 13.3 Å². The number of hydrogen-bond acceptors (Lipinski definition) is 5. The molecular weight excluding hydrogens is 308 g/mol. The molecule has 0 radical (unpaired) electrons. The maximum absolute atomic E-state index is 12.1. The fourth-order valence-electron chi connectivity index (χ4n) is 3.23. The standard InChI is InChI=1S/C16H26N6O2/c1-17-16(18-12-15(23)21-5-2-3-6-21)22-9-7-20(8-10-22)13-14-4-11-24-19-14/h4,11H,2-3,5-10,12-13H2,1H3,(H,17,18). The minimum absolute atomic E-state index is 0.165. The van der Waals surface area contributed by atoms with Crippen molar-refractivity contribution in [1.29, 1.82) is 0 Å². The summed E-state index contributed by atoms with van der Waals surface area (Å²) in [7, 11) is 1.77. The summed E-state index contributed by atoms with van der Waals surface area (Å²) in [6, 6.07) is 1.90. The van der Waals surface area contributed by atoms with Gasteiger partial charge >= 0.3 is 0 Å². The van der Waals surface area contributed by atoms with Crippen molar-refractivity contribution in [2.24, 2.45) is 4.99 Å². The molecule has 2 fully saturated rings. The number of rotatable bonds is 4. The Kier molecular flexibility index (Phi) is 5.68. The van der Waals surface area contributed by atoms with E-state index in [4.69, 9.17) is 4.52 Å². The van der Waals surface area contributed by atoms with Crippen LogP contribution in [0.1, 0.15) is 18.5 Å². The zero-order valence-electron chi connectivity index (χ0n) is 14.3. The number of nitrogens with zero attached hydrogens (tertiary/aromatic N) is 5. The van der Waals surface area contributed by atoms with Crippen LogP contribution in [0.25, 0.3) is 0 Å². The first-order valence-electron chi connectivity index (χ1n) is 8.61. The number of carbonyl (C=O) groups excluding carboxylic acids is 1. The molecule has 2 aliphatic rings. The van der Waals surface area contributed by atoms with Gasteiger partial charge < -0.3 is 19.6 Å². The van der Waals surface area contributed by atoms with E-state index in [0.29, 0.717) is 6.54 Å². The molecule has 0 spiro atoms. The number of hydrogen-bond donors (Lipinski definition) is 1. The second-order valence-corrected chi connectivity index (χ2v) is 6.24. The van der Waals surface area contributed by atoms with E-state index in [1.807, 2.05) is 11.0 Å². The summed E-state index contributed by atoms with van der Waals surface area (Å²) in [5.41, 5.74) is 0.960. The number of guanidine groups is 1. The van der Waals surface area contributed by atoms with Gasteiger partial charge in [-0.2, -0.15) is 0 Å². The number of aromatic nitrogens is 1. The van der Waals surface area contributed by atoms with Crippen molar-refractivity contribution in [2.75, 3.05) is 52.9 Å². The summed E-state index contributed by atoms with van der Waals surface area (Å²) in [5, 5.41) is 7.17. The predicted molar refractivity (Wildman–Crippen MR) is 90.5 cm³/mol. The van der Waals surface area contributed by atoms with Crippen molar-refractivity contribution in [3.05, 3.63) is 18.0 Å². The molecule has 1 aromatic heterocycles. The lowest BCUT2D eigenvalue weighted by Crippen LogP contribution is -2.53. The molecule has 0 aromatic carbocycles. The normalized spacial score (nSPS) is 19.8. The molecule has 0 aliphatic carbocycles. The summed E-state index contributed by atoms with van der Waals surface area (Å²) in [4.78, 5) is 22.9. The maximum Gasteiger partial charge on any atom is 0.241 e. The van der Waals surface area contributed by atoms with Crippen molar-refractivity contribution < 1.29 is 9.32 Å². The van der Waals surface area contributed by atoms with E-state index in [1.165, 1.54) is 0 Å². The van der Waals surface area contributed by atoms with Gasteiger partial charge in [0.1, 0.15) is 6.26 Å². The summed E-state index contributed by atoms with van der Waals surface area (Å²) < 4.78 is 4.88. The molecule has 1 amide bonds. The molecule has 3 rings (SSSR count). The third-order valence-electron chi connectivity index (χ3n) is 4.62. The van der Waals surface area contributed by atoms with Gasteiger partial charge in [-0.25, -0.2) is 0 Å². The first-order chi connectivity index (χ1) is 11.8. The molecule has 0 atom stereocenters. The number of aliphatic imine (C=N–C) groups is 1. The fraction of sp³-hybridized carbons (Fsp3) is 0.688. The second-order valence-electron chi connectivity index (χ2n) is 6.24. The second kappa shape index (κ2) is 8.14. The van der Waals surface area contributed by atoms with Crippen LogP contribution in [-0.4, -0.2) is 84.6 Å². The highest BCUT2D eigenvalue weighted by Crippen LogP contribution is 2.08. The lowest BCUT2D eigenvalue weighted by Gasteiger charge is -2.36. The molecule has 8 heteroatoms. The van der Waals surface area contributed by atoms with Gasteiger partial charge in [0.25, 0.3) is 0 Å². The molecular formula is C16H26N6O2. The van der Waals surface area contributed by atoms with E-state index >= 15 is 0 Å². The van der Waals surface area contributed by atoms with Gasteiger partial charge in [0.05, 0.1) is 12.2 Å². The van der Waals surface area contributed by atoms with Crippen LogP contribution >= 0.6 is 0 Å². The molecule has 1 aromatic rings. The van der Waals surface area contributed by atoms with Crippen molar-refractivity contribution in [2.45, 2.75) is 19.4 Å². The topological polar surface area (TPSA) is 77.2 Å².